The molecule has 2 aromatic rings. The molecule has 104 valence electrons. The van der Waals surface area contributed by atoms with E-state index >= 15 is 0 Å². The second-order valence-corrected chi connectivity index (χ2v) is 5.18. The van der Waals surface area contributed by atoms with Gasteiger partial charge in [-0.1, -0.05) is 38.8 Å². The lowest BCUT2D eigenvalue weighted by Gasteiger charge is -2.19. The minimum atomic E-state index is 0.553. The number of nitrogens with zero attached hydrogens (tertiary/aromatic N) is 2. The van der Waals surface area contributed by atoms with E-state index in [0.29, 0.717) is 6.04 Å². The summed E-state index contributed by atoms with van der Waals surface area (Å²) in [5.41, 5.74) is 2.33. The molecule has 0 fully saturated rings. The Morgan fingerprint density at radius 2 is 2.05 bits per heavy atom. The first kappa shape index (κ1) is 14.1. The van der Waals surface area contributed by atoms with Crippen LogP contribution in [-0.4, -0.2) is 22.1 Å². The first-order chi connectivity index (χ1) is 9.35. The molecule has 0 aliphatic carbocycles. The summed E-state index contributed by atoms with van der Waals surface area (Å²) in [5, 5.41) is 3.66. The van der Waals surface area contributed by atoms with Crippen LogP contribution in [0.1, 0.15) is 39.5 Å². The second-order valence-electron chi connectivity index (χ2n) is 5.18. The quantitative estimate of drug-likeness (QED) is 0.785. The Kier molecular flexibility index (Phi) is 5.40. The van der Waals surface area contributed by atoms with Crippen LogP contribution < -0.4 is 5.32 Å². The van der Waals surface area contributed by atoms with Gasteiger partial charge in [0.05, 0.1) is 17.4 Å². The molecule has 0 saturated carbocycles. The van der Waals surface area contributed by atoms with Crippen LogP contribution in [0.15, 0.2) is 30.6 Å². The third-order valence-corrected chi connectivity index (χ3v) is 3.53. The van der Waals surface area contributed by atoms with Crippen molar-refractivity contribution in [1.29, 1.82) is 0 Å². The van der Waals surface area contributed by atoms with E-state index in [4.69, 9.17) is 0 Å². The van der Waals surface area contributed by atoms with Crippen LogP contribution in [0.3, 0.4) is 0 Å². The van der Waals surface area contributed by atoms with Gasteiger partial charge in [0.25, 0.3) is 0 Å². The fraction of sp³-hybridized carbons (Fsp3) is 0.562. The fourth-order valence-electron chi connectivity index (χ4n) is 2.45. The molecule has 0 aliphatic heterocycles. The van der Waals surface area contributed by atoms with E-state index in [-0.39, 0.29) is 0 Å². The Labute approximate surface area is 116 Å². The number of hydrogen-bond acceptors (Lipinski definition) is 2. The van der Waals surface area contributed by atoms with Gasteiger partial charge in [-0.2, -0.15) is 0 Å². The van der Waals surface area contributed by atoms with Gasteiger partial charge in [0.2, 0.25) is 0 Å². The molecule has 0 saturated heterocycles. The average Bonchev–Trinajstić information content (AvgIpc) is 2.85. The molecule has 1 atom stereocenters. The molecule has 1 heterocycles. The summed E-state index contributed by atoms with van der Waals surface area (Å²) >= 11 is 0. The molecule has 1 unspecified atom stereocenters. The number of unbranched alkanes of at least 4 members (excludes halogenated alkanes) is 1. The summed E-state index contributed by atoms with van der Waals surface area (Å²) < 4.78 is 2.28. The van der Waals surface area contributed by atoms with Gasteiger partial charge in [-0.3, -0.25) is 0 Å². The van der Waals surface area contributed by atoms with Crippen LogP contribution in [0.25, 0.3) is 11.0 Å². The van der Waals surface area contributed by atoms with Gasteiger partial charge < -0.3 is 9.88 Å². The minimum Gasteiger partial charge on any atom is -0.329 e. The molecule has 1 N–H and O–H groups in total. The van der Waals surface area contributed by atoms with Crippen molar-refractivity contribution in [3.8, 4) is 0 Å². The zero-order valence-corrected chi connectivity index (χ0v) is 12.1. The molecule has 1 aromatic heterocycles. The number of imidazole rings is 1. The number of para-hydroxylation sites is 2. The van der Waals surface area contributed by atoms with E-state index in [9.17, 15) is 0 Å². The molecule has 0 spiro atoms. The topological polar surface area (TPSA) is 29.9 Å². The monoisotopic (exact) mass is 259 g/mol. The maximum atomic E-state index is 4.47. The van der Waals surface area contributed by atoms with Crippen molar-refractivity contribution in [2.24, 2.45) is 0 Å². The van der Waals surface area contributed by atoms with Gasteiger partial charge in [0.1, 0.15) is 0 Å². The normalized spacial score (nSPS) is 12.9. The van der Waals surface area contributed by atoms with Crippen LogP contribution in [0, 0.1) is 0 Å². The minimum absolute atomic E-state index is 0.553. The Hall–Kier alpha value is -1.35. The molecule has 3 nitrogen and oxygen atoms in total. The highest BCUT2D eigenvalue weighted by atomic mass is 15.1. The van der Waals surface area contributed by atoms with Gasteiger partial charge in [0.15, 0.2) is 0 Å². The molecule has 1 aromatic carbocycles. The number of hydrogen-bond donors (Lipinski definition) is 1. The number of nitrogens with one attached hydrogen (secondary N) is 1. The lowest BCUT2D eigenvalue weighted by atomic mass is 10.1. The zero-order chi connectivity index (χ0) is 13.5. The molecule has 3 heteroatoms. The van der Waals surface area contributed by atoms with Crippen LogP contribution in [0.4, 0.5) is 0 Å². The molecule has 0 aliphatic rings. The summed E-state index contributed by atoms with van der Waals surface area (Å²) in [4.78, 5) is 4.47. The van der Waals surface area contributed by atoms with Crippen molar-refractivity contribution in [2.75, 3.05) is 6.54 Å². The highest BCUT2D eigenvalue weighted by molar-refractivity contribution is 5.74. The summed E-state index contributed by atoms with van der Waals surface area (Å²) in [6.07, 6.45) is 6.94. The SMILES string of the molecule is CCCCC(Cn1cnc2ccccc21)NCCC. The van der Waals surface area contributed by atoms with E-state index in [1.54, 1.807) is 0 Å². The maximum Gasteiger partial charge on any atom is 0.0958 e. The predicted molar refractivity (Wildman–Crippen MR) is 81.3 cm³/mol. The fourth-order valence-corrected chi connectivity index (χ4v) is 2.45. The Morgan fingerprint density at radius 3 is 2.84 bits per heavy atom. The van der Waals surface area contributed by atoms with Gasteiger partial charge in [-0.05, 0) is 31.5 Å². The molecule has 0 amide bonds. The molecule has 19 heavy (non-hydrogen) atoms. The highest BCUT2D eigenvalue weighted by Crippen LogP contribution is 2.13. The lowest BCUT2D eigenvalue weighted by Crippen LogP contribution is -2.33. The standard InChI is InChI=1S/C16H25N3/c1-3-5-8-14(17-11-4-2)12-19-13-18-15-9-6-7-10-16(15)19/h6-7,9-10,13-14,17H,3-5,8,11-12H2,1-2H3. The predicted octanol–water partition coefficient (Wildman–Crippen LogP) is 3.59. The lowest BCUT2D eigenvalue weighted by molar-refractivity contribution is 0.417. The van der Waals surface area contributed by atoms with Crippen molar-refractivity contribution in [2.45, 2.75) is 52.1 Å². The molecule has 0 radical (unpaired) electrons. The van der Waals surface area contributed by atoms with Crippen molar-refractivity contribution in [1.82, 2.24) is 14.9 Å². The van der Waals surface area contributed by atoms with Gasteiger partial charge in [-0.15, -0.1) is 0 Å². The average molecular weight is 259 g/mol. The Morgan fingerprint density at radius 1 is 1.21 bits per heavy atom. The van der Waals surface area contributed by atoms with Crippen molar-refractivity contribution < 1.29 is 0 Å². The third kappa shape index (κ3) is 3.80. The smallest absolute Gasteiger partial charge is 0.0958 e. The first-order valence-corrected chi connectivity index (χ1v) is 7.48. The molecule has 0 bridgehead atoms. The second kappa shape index (κ2) is 7.29. The van der Waals surface area contributed by atoms with E-state index in [1.165, 1.54) is 31.2 Å². The zero-order valence-electron chi connectivity index (χ0n) is 12.1. The number of aromatic nitrogens is 2. The molecule has 2 rings (SSSR count). The van der Waals surface area contributed by atoms with Crippen LogP contribution in [0.2, 0.25) is 0 Å². The third-order valence-electron chi connectivity index (χ3n) is 3.53. The molecular formula is C16H25N3. The van der Waals surface area contributed by atoms with E-state index in [1.807, 2.05) is 12.4 Å². The number of fused-ring (bicyclic) bond motifs is 1. The highest BCUT2D eigenvalue weighted by Gasteiger charge is 2.10. The Balaban J connectivity index is 2.06. The summed E-state index contributed by atoms with van der Waals surface area (Å²) in [5.74, 6) is 0. The van der Waals surface area contributed by atoms with Crippen molar-refractivity contribution in [3.63, 3.8) is 0 Å². The number of benzene rings is 1. The summed E-state index contributed by atoms with van der Waals surface area (Å²) in [6, 6.07) is 8.91. The van der Waals surface area contributed by atoms with Gasteiger partial charge in [-0.25, -0.2) is 4.98 Å². The first-order valence-electron chi connectivity index (χ1n) is 7.48. The molecular weight excluding hydrogens is 234 g/mol. The van der Waals surface area contributed by atoms with Gasteiger partial charge in [0, 0.05) is 12.6 Å². The van der Waals surface area contributed by atoms with Crippen LogP contribution in [-0.2, 0) is 6.54 Å². The van der Waals surface area contributed by atoms with E-state index in [2.05, 4.69) is 46.9 Å². The van der Waals surface area contributed by atoms with E-state index in [0.717, 1.165) is 18.6 Å². The van der Waals surface area contributed by atoms with E-state index < -0.39 is 0 Å². The van der Waals surface area contributed by atoms with Crippen molar-refractivity contribution >= 4 is 11.0 Å². The van der Waals surface area contributed by atoms with Gasteiger partial charge >= 0.3 is 0 Å². The number of rotatable bonds is 8. The largest absolute Gasteiger partial charge is 0.329 e. The Bertz CT molecular complexity index is 481. The maximum absolute atomic E-state index is 4.47. The summed E-state index contributed by atoms with van der Waals surface area (Å²) in [7, 11) is 0. The summed E-state index contributed by atoms with van der Waals surface area (Å²) in [6.45, 7) is 6.58. The van der Waals surface area contributed by atoms with Crippen molar-refractivity contribution in [3.05, 3.63) is 30.6 Å². The van der Waals surface area contributed by atoms with Crippen LogP contribution in [0.5, 0.6) is 0 Å². The van der Waals surface area contributed by atoms with Crippen LogP contribution >= 0.6 is 0 Å².